The van der Waals surface area contributed by atoms with Crippen molar-refractivity contribution in [1.29, 1.82) is 0 Å². The maximum absolute atomic E-state index is 12.9. The molecule has 1 aromatic heterocycles. The minimum absolute atomic E-state index is 0. The molecule has 7 heteroatoms. The van der Waals surface area contributed by atoms with Crippen molar-refractivity contribution in [1.82, 2.24) is 9.97 Å². The van der Waals surface area contributed by atoms with Crippen molar-refractivity contribution < 1.29 is 9.13 Å². The van der Waals surface area contributed by atoms with Gasteiger partial charge in [0.15, 0.2) is 5.69 Å². The summed E-state index contributed by atoms with van der Waals surface area (Å²) in [5.41, 5.74) is 4.80. The van der Waals surface area contributed by atoms with Crippen LogP contribution in [0.3, 0.4) is 0 Å². The standard InChI is InChI=1S/C10H8FN3O2.ClH/c11-6-2-1-3-7(4-6)16-10-8(12)9(15)13-5-14-10;/h1-5H,12H2,(H,13,14,15);1H. The van der Waals surface area contributed by atoms with E-state index in [0.717, 1.165) is 6.33 Å². The third-order valence-corrected chi connectivity index (χ3v) is 1.86. The van der Waals surface area contributed by atoms with Gasteiger partial charge in [-0.2, -0.15) is 0 Å². The Kier molecular flexibility index (Phi) is 4.06. The molecule has 3 N–H and O–H groups in total. The molecule has 90 valence electrons. The van der Waals surface area contributed by atoms with Crippen molar-refractivity contribution in [2.75, 3.05) is 5.73 Å². The maximum atomic E-state index is 12.9. The zero-order valence-corrected chi connectivity index (χ0v) is 9.33. The van der Waals surface area contributed by atoms with E-state index in [4.69, 9.17) is 10.5 Å². The lowest BCUT2D eigenvalue weighted by Crippen LogP contribution is -2.13. The fourth-order valence-electron chi connectivity index (χ4n) is 1.12. The molecule has 0 radical (unpaired) electrons. The molecule has 0 aliphatic heterocycles. The quantitative estimate of drug-likeness (QED) is 0.858. The third kappa shape index (κ3) is 2.94. The van der Waals surface area contributed by atoms with Gasteiger partial charge in [-0.25, -0.2) is 9.37 Å². The molecule has 0 spiro atoms. The lowest BCUT2D eigenvalue weighted by molar-refractivity contribution is 0.458. The van der Waals surface area contributed by atoms with Crippen LogP contribution in [0.15, 0.2) is 35.4 Å². The van der Waals surface area contributed by atoms with E-state index < -0.39 is 11.4 Å². The van der Waals surface area contributed by atoms with Crippen molar-refractivity contribution >= 4 is 18.1 Å². The van der Waals surface area contributed by atoms with Gasteiger partial charge in [0.2, 0.25) is 5.88 Å². The Morgan fingerprint density at radius 2 is 2.18 bits per heavy atom. The fourth-order valence-corrected chi connectivity index (χ4v) is 1.12. The van der Waals surface area contributed by atoms with Gasteiger partial charge in [0, 0.05) is 6.07 Å². The number of anilines is 1. The van der Waals surface area contributed by atoms with Crippen LogP contribution in [0.2, 0.25) is 0 Å². The summed E-state index contributed by atoms with van der Waals surface area (Å²) in [4.78, 5) is 17.2. The fraction of sp³-hybridized carbons (Fsp3) is 0. The van der Waals surface area contributed by atoms with Gasteiger partial charge in [0.05, 0.1) is 6.33 Å². The van der Waals surface area contributed by atoms with Gasteiger partial charge in [-0.15, -0.1) is 12.4 Å². The van der Waals surface area contributed by atoms with Crippen molar-refractivity contribution in [3.8, 4) is 11.6 Å². The minimum atomic E-state index is -0.499. The van der Waals surface area contributed by atoms with Gasteiger partial charge in [-0.3, -0.25) is 4.79 Å². The molecule has 0 fully saturated rings. The Morgan fingerprint density at radius 1 is 1.41 bits per heavy atom. The molecule has 0 saturated carbocycles. The van der Waals surface area contributed by atoms with Gasteiger partial charge in [-0.1, -0.05) is 6.07 Å². The lowest BCUT2D eigenvalue weighted by Gasteiger charge is -2.05. The topological polar surface area (TPSA) is 81.0 Å². The number of aromatic amines is 1. The van der Waals surface area contributed by atoms with E-state index >= 15 is 0 Å². The molecule has 2 aromatic rings. The summed E-state index contributed by atoms with van der Waals surface area (Å²) in [6.45, 7) is 0. The molecule has 17 heavy (non-hydrogen) atoms. The molecule has 0 aliphatic rings. The predicted molar refractivity (Wildman–Crippen MR) is 63.0 cm³/mol. The SMILES string of the molecule is Cl.Nc1c(Oc2cccc(F)c2)nc[nH]c1=O. The van der Waals surface area contributed by atoms with Gasteiger partial charge in [0.25, 0.3) is 5.56 Å². The van der Waals surface area contributed by atoms with Crippen LogP contribution in [0, 0.1) is 5.82 Å². The summed E-state index contributed by atoms with van der Waals surface area (Å²) in [6.07, 6.45) is 1.16. The van der Waals surface area contributed by atoms with Crippen LogP contribution >= 0.6 is 12.4 Å². The summed E-state index contributed by atoms with van der Waals surface area (Å²) < 4.78 is 18.0. The Balaban J connectivity index is 0.00000144. The van der Waals surface area contributed by atoms with E-state index in [1.807, 2.05) is 0 Å². The Hall–Kier alpha value is -2.08. The molecule has 0 aliphatic carbocycles. The highest BCUT2D eigenvalue weighted by atomic mass is 35.5. The van der Waals surface area contributed by atoms with E-state index in [1.165, 1.54) is 24.3 Å². The number of halogens is 2. The van der Waals surface area contributed by atoms with Crippen LogP contribution in [0.1, 0.15) is 0 Å². The molecular weight excluding hydrogens is 249 g/mol. The molecule has 1 aromatic carbocycles. The highest BCUT2D eigenvalue weighted by Crippen LogP contribution is 2.22. The molecule has 0 saturated heterocycles. The van der Waals surface area contributed by atoms with Crippen molar-refractivity contribution in [3.63, 3.8) is 0 Å². The van der Waals surface area contributed by atoms with Crippen LogP contribution < -0.4 is 16.0 Å². The molecule has 2 rings (SSSR count). The summed E-state index contributed by atoms with van der Waals surface area (Å²) >= 11 is 0. The first-order chi connectivity index (χ1) is 7.66. The minimum Gasteiger partial charge on any atom is -0.437 e. The van der Waals surface area contributed by atoms with Crippen molar-refractivity contribution in [3.05, 3.63) is 46.8 Å². The Labute approximate surface area is 102 Å². The highest BCUT2D eigenvalue weighted by molar-refractivity contribution is 5.85. The largest absolute Gasteiger partial charge is 0.437 e. The van der Waals surface area contributed by atoms with E-state index in [-0.39, 0.29) is 29.7 Å². The second-order valence-corrected chi connectivity index (χ2v) is 3.01. The molecule has 0 amide bonds. The number of nitrogens with zero attached hydrogens (tertiary/aromatic N) is 1. The van der Waals surface area contributed by atoms with Gasteiger partial charge < -0.3 is 15.5 Å². The number of nitrogens with one attached hydrogen (secondary N) is 1. The summed E-state index contributed by atoms with van der Waals surface area (Å²) in [5.74, 6) is -0.264. The Bertz CT molecular complexity index is 573. The molecule has 0 bridgehead atoms. The maximum Gasteiger partial charge on any atom is 0.277 e. The average Bonchev–Trinajstić information content (AvgIpc) is 2.25. The van der Waals surface area contributed by atoms with E-state index in [0.29, 0.717) is 0 Å². The van der Waals surface area contributed by atoms with Crippen molar-refractivity contribution in [2.24, 2.45) is 0 Å². The van der Waals surface area contributed by atoms with Gasteiger partial charge in [-0.05, 0) is 12.1 Å². The first-order valence-corrected chi connectivity index (χ1v) is 4.43. The first kappa shape index (κ1) is 13.0. The monoisotopic (exact) mass is 257 g/mol. The van der Waals surface area contributed by atoms with Crippen LogP contribution in [0.25, 0.3) is 0 Å². The predicted octanol–water partition coefficient (Wildman–Crippen LogP) is 1.71. The number of nitrogen functional groups attached to an aromatic ring is 1. The average molecular weight is 258 g/mol. The van der Waals surface area contributed by atoms with Crippen LogP contribution in [-0.2, 0) is 0 Å². The number of nitrogens with two attached hydrogens (primary N) is 1. The summed E-state index contributed by atoms with van der Waals surface area (Å²) in [5, 5.41) is 0. The zero-order chi connectivity index (χ0) is 11.5. The van der Waals surface area contributed by atoms with E-state index in [9.17, 15) is 9.18 Å². The number of aromatic nitrogens is 2. The zero-order valence-electron chi connectivity index (χ0n) is 8.51. The van der Waals surface area contributed by atoms with Crippen LogP contribution in [-0.4, -0.2) is 9.97 Å². The number of H-pyrrole nitrogens is 1. The second-order valence-electron chi connectivity index (χ2n) is 3.01. The molecule has 1 heterocycles. The van der Waals surface area contributed by atoms with E-state index in [2.05, 4.69) is 9.97 Å². The molecule has 0 atom stereocenters. The normalized spacial score (nSPS) is 9.47. The molecule has 0 unspecified atom stereocenters. The third-order valence-electron chi connectivity index (χ3n) is 1.86. The number of ether oxygens (including phenoxy) is 1. The van der Waals surface area contributed by atoms with E-state index in [1.54, 1.807) is 0 Å². The lowest BCUT2D eigenvalue weighted by atomic mass is 10.3. The first-order valence-electron chi connectivity index (χ1n) is 4.43. The number of hydrogen-bond acceptors (Lipinski definition) is 4. The second kappa shape index (κ2) is 5.31. The summed E-state index contributed by atoms with van der Waals surface area (Å²) in [7, 11) is 0. The van der Waals surface area contributed by atoms with Crippen molar-refractivity contribution in [2.45, 2.75) is 0 Å². The molecule has 5 nitrogen and oxygen atoms in total. The van der Waals surface area contributed by atoms with Gasteiger partial charge in [0.1, 0.15) is 11.6 Å². The number of hydrogen-bond donors (Lipinski definition) is 2. The molecular formula is C10H9ClFN3O2. The smallest absolute Gasteiger partial charge is 0.277 e. The summed E-state index contributed by atoms with van der Waals surface area (Å²) in [6, 6.07) is 5.46. The van der Waals surface area contributed by atoms with Crippen LogP contribution in [0.5, 0.6) is 11.6 Å². The van der Waals surface area contributed by atoms with Gasteiger partial charge >= 0.3 is 0 Å². The number of benzene rings is 1. The number of rotatable bonds is 2. The van der Waals surface area contributed by atoms with Crippen LogP contribution in [0.4, 0.5) is 10.1 Å². The Morgan fingerprint density at radius 3 is 2.88 bits per heavy atom. The highest BCUT2D eigenvalue weighted by Gasteiger charge is 2.07.